The molecule has 0 aliphatic rings. The van der Waals surface area contributed by atoms with Gasteiger partial charge in [-0.15, -0.1) is 0 Å². The first kappa shape index (κ1) is 20.1. The summed E-state index contributed by atoms with van der Waals surface area (Å²) >= 11 is 2.71. The largest absolute Gasteiger partial charge is 0.445 e. The number of carbonyl (C=O) groups is 1. The van der Waals surface area contributed by atoms with Gasteiger partial charge in [-0.3, -0.25) is 14.5 Å². The second-order valence-electron chi connectivity index (χ2n) is 5.79. The summed E-state index contributed by atoms with van der Waals surface area (Å²) in [6.07, 6.45) is 2.78. The number of nitrogens with zero attached hydrogens (tertiary/aromatic N) is 4. The Kier molecular flexibility index (Phi) is 6.45. The van der Waals surface area contributed by atoms with Crippen molar-refractivity contribution in [2.24, 2.45) is 0 Å². The lowest BCUT2D eigenvalue weighted by atomic mass is 10.3. The molecule has 3 aromatic rings. The summed E-state index contributed by atoms with van der Waals surface area (Å²) in [7, 11) is 5.59. The van der Waals surface area contributed by atoms with Crippen molar-refractivity contribution in [2.75, 3.05) is 31.4 Å². The Labute approximate surface area is 170 Å². The predicted octanol–water partition coefficient (Wildman–Crippen LogP) is 4.71. The minimum Gasteiger partial charge on any atom is -0.445 e. The number of aromatic nitrogens is 2. The Balaban J connectivity index is 1.64. The zero-order valence-electron chi connectivity index (χ0n) is 15.4. The smallest absolute Gasteiger partial charge is 0.327 e. The molecule has 2 aromatic heterocycles. The minimum atomic E-state index is -0.633. The summed E-state index contributed by atoms with van der Waals surface area (Å²) in [5.41, 5.74) is 0.754. The Morgan fingerprint density at radius 3 is 2.79 bits per heavy atom. The first-order chi connectivity index (χ1) is 13.4. The lowest BCUT2D eigenvalue weighted by molar-refractivity contribution is 0.258. The number of hydrogen-bond acceptors (Lipinski definition) is 7. The molecule has 0 saturated heterocycles. The molecule has 0 saturated carbocycles. The molecule has 3 rings (SSSR count). The van der Waals surface area contributed by atoms with Crippen molar-refractivity contribution in [2.45, 2.75) is 4.90 Å². The van der Waals surface area contributed by atoms with Crippen molar-refractivity contribution >= 4 is 40.1 Å². The van der Waals surface area contributed by atoms with E-state index in [0.29, 0.717) is 15.9 Å². The number of rotatable bonds is 6. The first-order valence-electron chi connectivity index (χ1n) is 8.16. The van der Waals surface area contributed by atoms with Crippen molar-refractivity contribution in [3.05, 3.63) is 54.7 Å². The van der Waals surface area contributed by atoms with Gasteiger partial charge >= 0.3 is 6.03 Å². The van der Waals surface area contributed by atoms with E-state index >= 15 is 0 Å². The average molecular weight is 420 g/mol. The van der Waals surface area contributed by atoms with Crippen molar-refractivity contribution in [3.63, 3.8) is 0 Å². The van der Waals surface area contributed by atoms with Crippen LogP contribution in [0.15, 0.2) is 53.7 Å². The van der Waals surface area contributed by atoms with E-state index in [1.165, 1.54) is 29.4 Å². The van der Waals surface area contributed by atoms with E-state index in [0.717, 1.165) is 21.9 Å². The molecule has 0 bridgehead atoms. The molecule has 146 valence electrons. The van der Waals surface area contributed by atoms with Crippen molar-refractivity contribution in [3.8, 4) is 10.8 Å². The number of anilines is 2. The molecule has 0 spiro atoms. The number of pyridine rings is 1. The molecule has 0 fully saturated rings. The van der Waals surface area contributed by atoms with Gasteiger partial charge in [0.05, 0.1) is 6.20 Å². The third-order valence-electron chi connectivity index (χ3n) is 3.41. The van der Waals surface area contributed by atoms with Crippen molar-refractivity contribution < 1.29 is 13.9 Å². The van der Waals surface area contributed by atoms with E-state index in [2.05, 4.69) is 15.3 Å². The number of halogens is 1. The summed E-state index contributed by atoms with van der Waals surface area (Å²) in [4.78, 5) is 22.6. The van der Waals surface area contributed by atoms with Gasteiger partial charge in [-0.1, -0.05) is 17.4 Å². The van der Waals surface area contributed by atoms with Crippen LogP contribution in [0.1, 0.15) is 0 Å². The summed E-state index contributed by atoms with van der Waals surface area (Å²) < 4.78 is 20.6. The Morgan fingerprint density at radius 2 is 2.04 bits per heavy atom. The van der Waals surface area contributed by atoms with Crippen LogP contribution in [0.3, 0.4) is 0 Å². The van der Waals surface area contributed by atoms with E-state index in [9.17, 15) is 9.18 Å². The number of hydrogen-bond donors (Lipinski definition) is 1. The van der Waals surface area contributed by atoms with Crippen molar-refractivity contribution in [1.29, 1.82) is 0 Å². The van der Waals surface area contributed by atoms with Crippen LogP contribution in [-0.2, 0) is 0 Å². The summed E-state index contributed by atoms with van der Waals surface area (Å²) in [6.45, 7) is 0. The number of benzene rings is 1. The van der Waals surface area contributed by atoms with E-state index in [1.807, 2.05) is 42.7 Å². The highest BCUT2D eigenvalue weighted by molar-refractivity contribution is 7.97. The molecule has 0 aliphatic heterocycles. The highest BCUT2D eigenvalue weighted by Gasteiger charge is 2.14. The van der Waals surface area contributed by atoms with Crippen LogP contribution in [0.5, 0.6) is 10.8 Å². The van der Waals surface area contributed by atoms with Crippen LogP contribution in [-0.4, -0.2) is 41.4 Å². The maximum absolute atomic E-state index is 13.1. The highest BCUT2D eigenvalue weighted by atomic mass is 32.2. The van der Waals surface area contributed by atoms with Crippen LogP contribution in [0.4, 0.5) is 20.0 Å². The third kappa shape index (κ3) is 5.41. The van der Waals surface area contributed by atoms with Crippen LogP contribution in [0, 0.1) is 5.95 Å². The highest BCUT2D eigenvalue weighted by Crippen LogP contribution is 2.31. The summed E-state index contributed by atoms with van der Waals surface area (Å²) in [6, 6.07) is 10.0. The Morgan fingerprint density at radius 1 is 1.21 bits per heavy atom. The van der Waals surface area contributed by atoms with Gasteiger partial charge in [0.2, 0.25) is 11.0 Å². The fourth-order valence-electron chi connectivity index (χ4n) is 2.18. The average Bonchev–Trinajstić information content (AvgIpc) is 3.07. The number of carbonyl (C=O) groups excluding carboxylic acids is 1. The normalized spacial score (nSPS) is 10.8. The van der Waals surface area contributed by atoms with Gasteiger partial charge in [0, 0.05) is 29.9 Å². The van der Waals surface area contributed by atoms with Crippen LogP contribution < -0.4 is 15.0 Å². The first-order valence-corrected chi connectivity index (χ1v) is 9.75. The summed E-state index contributed by atoms with van der Waals surface area (Å²) in [5, 5.41) is 3.53. The maximum atomic E-state index is 13.1. The molecule has 7 nitrogen and oxygen atoms in total. The van der Waals surface area contributed by atoms with Gasteiger partial charge in [0.1, 0.15) is 5.75 Å². The van der Waals surface area contributed by atoms with Crippen LogP contribution in [0.2, 0.25) is 0 Å². The molecule has 0 unspecified atom stereocenters. The predicted molar refractivity (Wildman–Crippen MR) is 110 cm³/mol. The zero-order chi connectivity index (χ0) is 20.1. The van der Waals surface area contributed by atoms with Gasteiger partial charge in [-0.05, 0) is 50.3 Å². The zero-order valence-corrected chi connectivity index (χ0v) is 17.1. The van der Waals surface area contributed by atoms with Crippen LogP contribution in [0.25, 0.3) is 0 Å². The third-order valence-corrected chi connectivity index (χ3v) is 5.03. The number of amides is 2. The van der Waals surface area contributed by atoms with Gasteiger partial charge in [-0.25, -0.2) is 14.8 Å². The number of thiazole rings is 1. The second kappa shape index (κ2) is 9.00. The Hall–Kier alpha value is -2.69. The van der Waals surface area contributed by atoms with Gasteiger partial charge < -0.3 is 4.74 Å². The monoisotopic (exact) mass is 419 g/mol. The molecule has 2 amide bonds. The maximum Gasteiger partial charge on any atom is 0.327 e. The number of urea groups is 1. The topological polar surface area (TPSA) is 70.6 Å². The molecule has 10 heteroatoms. The van der Waals surface area contributed by atoms with E-state index in [-0.39, 0.29) is 6.03 Å². The SMILES string of the molecule is CN(C)Sc1cccc(N(C)C(=O)Nc2ncc(Oc3ccnc(F)c3)s2)c1. The molecular weight excluding hydrogens is 401 g/mol. The molecule has 0 atom stereocenters. The molecular formula is C18H18FN5O2S2. The van der Waals surface area contributed by atoms with E-state index in [1.54, 1.807) is 19.0 Å². The quantitative estimate of drug-likeness (QED) is 0.461. The fraction of sp³-hybridized carbons (Fsp3) is 0.167. The summed E-state index contributed by atoms with van der Waals surface area (Å²) in [5.74, 6) is -0.326. The molecule has 0 aliphatic carbocycles. The fourth-order valence-corrected chi connectivity index (χ4v) is 3.59. The number of ether oxygens (including phenoxy) is 1. The molecule has 2 heterocycles. The van der Waals surface area contributed by atoms with Gasteiger partial charge in [0.25, 0.3) is 0 Å². The van der Waals surface area contributed by atoms with E-state index < -0.39 is 5.95 Å². The standard InChI is InChI=1S/C18H18FN5O2S2/c1-23(2)28-14-6-4-5-12(9-14)24(3)18(25)22-17-21-11-16(27-17)26-13-7-8-20-15(19)10-13/h4-11H,1-3H3,(H,21,22,25). The van der Waals surface area contributed by atoms with Gasteiger partial charge in [0.15, 0.2) is 5.13 Å². The van der Waals surface area contributed by atoms with Crippen LogP contribution >= 0.6 is 23.3 Å². The number of nitrogens with one attached hydrogen (secondary N) is 1. The lowest BCUT2D eigenvalue weighted by Crippen LogP contribution is -2.31. The minimum absolute atomic E-state index is 0.307. The molecule has 28 heavy (non-hydrogen) atoms. The molecule has 0 radical (unpaired) electrons. The van der Waals surface area contributed by atoms with Gasteiger partial charge in [-0.2, -0.15) is 4.39 Å². The Bertz CT molecular complexity index is 966. The lowest BCUT2D eigenvalue weighted by Gasteiger charge is -2.18. The van der Waals surface area contributed by atoms with Crippen molar-refractivity contribution in [1.82, 2.24) is 14.3 Å². The molecule has 1 aromatic carbocycles. The van der Waals surface area contributed by atoms with E-state index in [4.69, 9.17) is 4.74 Å². The molecule has 1 N–H and O–H groups in total. The second-order valence-corrected chi connectivity index (χ2v) is 8.17.